The molecule has 2 bridgehead atoms. The van der Waals surface area contributed by atoms with Gasteiger partial charge in [0.2, 0.25) is 11.8 Å². The Balaban J connectivity index is 1.20. The number of carbonyl (C=O) groups is 3. The van der Waals surface area contributed by atoms with Gasteiger partial charge in [-0.25, -0.2) is 0 Å². The summed E-state index contributed by atoms with van der Waals surface area (Å²) >= 11 is 0. The van der Waals surface area contributed by atoms with Crippen LogP contribution in [0.1, 0.15) is 16.8 Å². The molecular formula is C25H22N2O4. The predicted octanol–water partition coefficient (Wildman–Crippen LogP) is 3.51. The van der Waals surface area contributed by atoms with Crippen LogP contribution in [-0.4, -0.2) is 24.8 Å². The van der Waals surface area contributed by atoms with Crippen LogP contribution in [0.3, 0.4) is 0 Å². The molecule has 3 fully saturated rings. The lowest BCUT2D eigenvalue weighted by Gasteiger charge is -2.37. The molecular weight excluding hydrogens is 392 g/mol. The van der Waals surface area contributed by atoms with E-state index in [0.717, 1.165) is 6.42 Å². The van der Waals surface area contributed by atoms with E-state index in [1.165, 1.54) is 4.90 Å². The van der Waals surface area contributed by atoms with E-state index >= 15 is 0 Å². The minimum atomic E-state index is -0.258. The van der Waals surface area contributed by atoms with Gasteiger partial charge in [0.25, 0.3) is 5.91 Å². The van der Waals surface area contributed by atoms with Gasteiger partial charge in [-0.05, 0) is 78.6 Å². The maximum Gasteiger partial charge on any atom is 0.255 e. The normalized spacial score (nSPS) is 32.0. The molecule has 3 amide bonds. The van der Waals surface area contributed by atoms with Gasteiger partial charge >= 0.3 is 0 Å². The molecule has 6 heteroatoms. The number of anilines is 2. The first-order valence-corrected chi connectivity index (χ1v) is 10.7. The van der Waals surface area contributed by atoms with Gasteiger partial charge in [-0.3, -0.25) is 19.3 Å². The molecule has 31 heavy (non-hydrogen) atoms. The number of allylic oxidation sites excluding steroid dienone is 2. The van der Waals surface area contributed by atoms with Crippen molar-refractivity contribution in [3.8, 4) is 5.75 Å². The number of imide groups is 1. The number of rotatable bonds is 4. The van der Waals surface area contributed by atoms with Crippen molar-refractivity contribution in [1.82, 2.24) is 0 Å². The molecule has 4 aliphatic carbocycles. The molecule has 5 aliphatic rings. The van der Waals surface area contributed by atoms with Crippen LogP contribution in [0.4, 0.5) is 11.4 Å². The van der Waals surface area contributed by atoms with E-state index in [1.807, 2.05) is 0 Å². The third-order valence-corrected chi connectivity index (χ3v) is 7.40. The van der Waals surface area contributed by atoms with Crippen molar-refractivity contribution < 1.29 is 19.1 Å². The Labute approximate surface area is 179 Å². The zero-order chi connectivity index (χ0) is 21.3. The molecule has 0 aromatic heterocycles. The second-order valence-corrected chi connectivity index (χ2v) is 8.90. The summed E-state index contributed by atoms with van der Waals surface area (Å²) in [6.45, 7) is 0. The van der Waals surface area contributed by atoms with Crippen molar-refractivity contribution in [1.29, 1.82) is 0 Å². The number of benzene rings is 2. The standard InChI is InChI=1S/C25H22N2O4/c1-31-16-8-4-14(5-9-16)26-23(28)13-2-6-15(7-3-13)27-24(29)21-17-10-11-18(20-12-19(17)20)22(21)25(27)30/h2-11,17-22H,12H2,1H3,(H,26,28)/t17-,18-,19-,20-,21+,22+/m0/s1. The number of nitrogens with zero attached hydrogens (tertiary/aromatic N) is 1. The fraction of sp³-hybridized carbons (Fsp3) is 0.320. The monoisotopic (exact) mass is 414 g/mol. The quantitative estimate of drug-likeness (QED) is 0.614. The molecule has 2 aromatic rings. The Morgan fingerprint density at radius 2 is 1.48 bits per heavy atom. The van der Waals surface area contributed by atoms with Crippen LogP contribution in [0.25, 0.3) is 0 Å². The largest absolute Gasteiger partial charge is 0.497 e. The topological polar surface area (TPSA) is 75.7 Å². The third kappa shape index (κ3) is 2.67. The highest BCUT2D eigenvalue weighted by Gasteiger charge is 2.67. The Morgan fingerprint density at radius 1 is 0.903 bits per heavy atom. The van der Waals surface area contributed by atoms with E-state index in [1.54, 1.807) is 55.6 Å². The van der Waals surface area contributed by atoms with Crippen molar-refractivity contribution in [3.05, 3.63) is 66.2 Å². The van der Waals surface area contributed by atoms with Crippen molar-refractivity contribution in [3.63, 3.8) is 0 Å². The second kappa shape index (κ2) is 6.54. The molecule has 0 unspecified atom stereocenters. The molecule has 6 nitrogen and oxygen atoms in total. The van der Waals surface area contributed by atoms with Crippen LogP contribution >= 0.6 is 0 Å². The van der Waals surface area contributed by atoms with E-state index in [9.17, 15) is 14.4 Å². The number of hydrogen-bond donors (Lipinski definition) is 1. The summed E-state index contributed by atoms with van der Waals surface area (Å²) in [7, 11) is 1.59. The number of amides is 3. The summed E-state index contributed by atoms with van der Waals surface area (Å²) < 4.78 is 5.12. The van der Waals surface area contributed by atoms with Gasteiger partial charge in [0.05, 0.1) is 24.6 Å². The van der Waals surface area contributed by atoms with Gasteiger partial charge in [0.15, 0.2) is 0 Å². The average molecular weight is 414 g/mol. The zero-order valence-electron chi connectivity index (χ0n) is 17.0. The van der Waals surface area contributed by atoms with E-state index in [-0.39, 0.29) is 41.4 Å². The minimum Gasteiger partial charge on any atom is -0.497 e. The van der Waals surface area contributed by atoms with Crippen molar-refractivity contribution in [2.24, 2.45) is 35.5 Å². The second-order valence-electron chi connectivity index (χ2n) is 8.90. The number of carbonyl (C=O) groups excluding carboxylic acids is 3. The third-order valence-electron chi connectivity index (χ3n) is 7.40. The van der Waals surface area contributed by atoms with Gasteiger partial charge in [0, 0.05) is 11.3 Å². The van der Waals surface area contributed by atoms with Crippen molar-refractivity contribution >= 4 is 29.1 Å². The molecule has 7 rings (SSSR count). The maximum atomic E-state index is 13.2. The smallest absolute Gasteiger partial charge is 0.255 e. The van der Waals surface area contributed by atoms with Crippen molar-refractivity contribution in [2.75, 3.05) is 17.3 Å². The van der Waals surface area contributed by atoms with Gasteiger partial charge in [-0.15, -0.1) is 0 Å². The lowest BCUT2D eigenvalue weighted by Crippen LogP contribution is -2.40. The number of hydrogen-bond acceptors (Lipinski definition) is 4. The highest BCUT2D eigenvalue weighted by Crippen LogP contribution is 2.65. The van der Waals surface area contributed by atoms with Crippen LogP contribution in [0.2, 0.25) is 0 Å². The van der Waals surface area contributed by atoms with Gasteiger partial charge < -0.3 is 10.1 Å². The molecule has 2 aromatic carbocycles. The fourth-order valence-corrected chi connectivity index (χ4v) is 5.85. The number of nitrogens with one attached hydrogen (secondary N) is 1. The Hall–Kier alpha value is -3.41. The Morgan fingerprint density at radius 3 is 2.03 bits per heavy atom. The molecule has 2 saturated carbocycles. The highest BCUT2D eigenvalue weighted by molar-refractivity contribution is 6.22. The average Bonchev–Trinajstić information content (AvgIpc) is 3.58. The predicted molar refractivity (Wildman–Crippen MR) is 115 cm³/mol. The number of methoxy groups -OCH3 is 1. The molecule has 0 spiro atoms. The summed E-state index contributed by atoms with van der Waals surface area (Å²) in [4.78, 5) is 40.3. The Bertz CT molecular complexity index is 1090. The summed E-state index contributed by atoms with van der Waals surface area (Å²) in [6, 6.07) is 13.8. The molecule has 1 saturated heterocycles. The summed E-state index contributed by atoms with van der Waals surface area (Å²) in [5, 5.41) is 2.84. The molecule has 1 N–H and O–H groups in total. The molecule has 0 radical (unpaired) electrons. The zero-order valence-corrected chi connectivity index (χ0v) is 17.0. The lowest BCUT2D eigenvalue weighted by molar-refractivity contribution is -0.124. The van der Waals surface area contributed by atoms with E-state index < -0.39 is 0 Å². The summed E-state index contributed by atoms with van der Waals surface area (Å²) in [5.74, 6) is 1.41. The lowest BCUT2D eigenvalue weighted by atomic mass is 9.63. The Kier molecular flexibility index (Phi) is 3.88. The van der Waals surface area contributed by atoms with Crippen LogP contribution in [-0.2, 0) is 9.59 Å². The first-order valence-electron chi connectivity index (χ1n) is 10.7. The van der Waals surface area contributed by atoms with Crippen LogP contribution < -0.4 is 15.0 Å². The fourth-order valence-electron chi connectivity index (χ4n) is 5.85. The summed E-state index contributed by atoms with van der Waals surface area (Å²) in [6.07, 6.45) is 5.48. The first-order chi connectivity index (χ1) is 15.1. The van der Waals surface area contributed by atoms with Crippen molar-refractivity contribution in [2.45, 2.75) is 6.42 Å². The van der Waals surface area contributed by atoms with Crippen LogP contribution in [0, 0.1) is 35.5 Å². The van der Waals surface area contributed by atoms with E-state index in [2.05, 4.69) is 17.5 Å². The molecule has 6 atom stereocenters. The van der Waals surface area contributed by atoms with Gasteiger partial charge in [-0.2, -0.15) is 0 Å². The van der Waals surface area contributed by atoms with Gasteiger partial charge in [0.1, 0.15) is 5.75 Å². The number of ether oxygens (including phenoxy) is 1. The summed E-state index contributed by atoms with van der Waals surface area (Å²) in [5.41, 5.74) is 1.66. The molecule has 156 valence electrons. The first kappa shape index (κ1) is 18.4. The highest BCUT2D eigenvalue weighted by atomic mass is 16.5. The van der Waals surface area contributed by atoms with Crippen LogP contribution in [0.5, 0.6) is 5.75 Å². The molecule has 1 aliphatic heterocycles. The minimum absolute atomic E-state index is 0.0878. The maximum absolute atomic E-state index is 13.2. The SMILES string of the molecule is COc1ccc(NC(=O)c2ccc(N3C(=O)[C@@H]4[C@H]5C=C[C@@H]([C@@H]6C[C@@H]56)[C@H]4C3=O)cc2)cc1. The molecule has 1 heterocycles. The van der Waals surface area contributed by atoms with E-state index in [0.29, 0.717) is 34.5 Å². The van der Waals surface area contributed by atoms with Crippen LogP contribution in [0.15, 0.2) is 60.7 Å². The van der Waals surface area contributed by atoms with E-state index in [4.69, 9.17) is 4.74 Å². The van der Waals surface area contributed by atoms with Gasteiger partial charge in [-0.1, -0.05) is 12.2 Å².